The molecule has 4 nitrogen and oxygen atoms in total. The molecule has 8 rings (SSSR count). The second-order valence-corrected chi connectivity index (χ2v) is 14.6. The van der Waals surface area contributed by atoms with Crippen molar-refractivity contribution in [3.05, 3.63) is 144 Å². The van der Waals surface area contributed by atoms with Gasteiger partial charge in [-0.2, -0.15) is 26.3 Å². The predicted molar refractivity (Wildman–Crippen MR) is 234 cm³/mol. The molecule has 0 aliphatic rings. The third-order valence-electron chi connectivity index (χ3n) is 10.8. The lowest BCUT2D eigenvalue weighted by atomic mass is 9.77. The van der Waals surface area contributed by atoms with E-state index in [1.165, 1.54) is 0 Å². The minimum atomic E-state index is -4.89. The van der Waals surface area contributed by atoms with Crippen LogP contribution in [0.3, 0.4) is 0 Å². The summed E-state index contributed by atoms with van der Waals surface area (Å²) < 4.78 is 142. The molecule has 0 N–H and O–H groups in total. The maximum atomic E-state index is 16.9. The lowest BCUT2D eigenvalue weighted by Crippen LogP contribution is -2.06. The number of benzene rings is 8. The van der Waals surface area contributed by atoms with Crippen LogP contribution in [0.15, 0.2) is 121 Å². The van der Waals surface area contributed by atoms with Crippen molar-refractivity contribution in [1.29, 1.82) is 0 Å². The third kappa shape index (κ3) is 7.98. The van der Waals surface area contributed by atoms with E-state index in [2.05, 4.69) is 6.11 Å². The average molecular weight is 877 g/mol. The molecule has 0 radical (unpaired) electrons. The van der Waals surface area contributed by atoms with E-state index in [4.69, 9.17) is 25.4 Å². The quantitative estimate of drug-likeness (QED) is 0.0737. The van der Waals surface area contributed by atoms with Crippen LogP contribution in [-0.2, 0) is 12.4 Å². The fourth-order valence-corrected chi connectivity index (χ4v) is 8.29. The summed E-state index contributed by atoms with van der Waals surface area (Å²) in [7, 11) is 0. The Morgan fingerprint density at radius 2 is 0.812 bits per heavy atom. The number of rotatable bonds is 11. The van der Waals surface area contributed by atoms with Gasteiger partial charge in [-0.3, -0.25) is 0 Å². The number of ether oxygens (including phenoxy) is 4. The molecule has 0 atom stereocenters. The summed E-state index contributed by atoms with van der Waals surface area (Å²) in [4.78, 5) is 0. The van der Waals surface area contributed by atoms with Crippen LogP contribution in [0, 0.1) is 24.2 Å². The van der Waals surface area contributed by atoms with Gasteiger partial charge in [-0.15, -0.1) is 0 Å². The summed E-state index contributed by atoms with van der Waals surface area (Å²) in [5, 5.41) is 2.02. The lowest BCUT2D eigenvalue weighted by molar-refractivity contribution is -0.138. The molecule has 0 spiro atoms. The number of hydrogen-bond acceptors (Lipinski definition) is 4. The van der Waals surface area contributed by atoms with Gasteiger partial charge in [0.05, 0.1) is 30.9 Å². The van der Waals surface area contributed by atoms with Crippen LogP contribution in [0.25, 0.3) is 76.8 Å². The van der Waals surface area contributed by atoms with Crippen molar-refractivity contribution in [2.45, 2.75) is 33.1 Å². The molecule has 8 aromatic rings. The third-order valence-corrected chi connectivity index (χ3v) is 10.8. The largest absolute Gasteiger partial charge is 0.494 e. The average Bonchev–Trinajstić information content (AvgIpc) is 3.26. The smallest absolute Gasteiger partial charge is 0.416 e. The monoisotopic (exact) mass is 876 g/mol. The fraction of sp³-hybridized carbons (Fsp3) is 0.154. The van der Waals surface area contributed by atoms with Crippen molar-refractivity contribution in [1.82, 2.24) is 0 Å². The highest BCUT2D eigenvalue weighted by atomic mass is 19.4. The highest BCUT2D eigenvalue weighted by Gasteiger charge is 2.34. The Bertz CT molecular complexity index is 3110. The zero-order chi connectivity index (χ0) is 45.5. The molecule has 324 valence electrons. The van der Waals surface area contributed by atoms with Crippen molar-refractivity contribution in [3.63, 3.8) is 0 Å². The Kier molecular flexibility index (Phi) is 11.6. The van der Waals surface area contributed by atoms with Crippen molar-refractivity contribution in [2.75, 3.05) is 19.8 Å². The van der Waals surface area contributed by atoms with Gasteiger partial charge >= 0.3 is 12.4 Å². The van der Waals surface area contributed by atoms with Gasteiger partial charge in [-0.25, -0.2) is 8.78 Å². The summed E-state index contributed by atoms with van der Waals surface area (Å²) in [6.45, 7) is 6.18. The van der Waals surface area contributed by atoms with Crippen molar-refractivity contribution in [3.8, 4) is 80.0 Å². The maximum absolute atomic E-state index is 16.9. The predicted octanol–water partition coefficient (Wildman–Crippen LogP) is 15.3. The summed E-state index contributed by atoms with van der Waals surface area (Å²) in [5.74, 6) is -0.893. The molecular weight excluding hydrogens is 841 g/mol. The standard InChI is InChI=1S/C52H36F8O4/c1-5-61-33-15-9-29(10-16-33)45-37-23-19-35(63-7-3)27-41(37)48(40-22-14-32(26-44(40)54)52(58,59)60)50-46(30-11-17-34(18-12-30)62-6-2)38-24-20-36(64-8-4)28-42(38)47(49(45)50)39-21-13-31(25-43(39)53)51(55,56)57/h1,9-28H,6-8H2,2-4H3. The molecule has 0 aliphatic heterocycles. The van der Waals surface area contributed by atoms with E-state index < -0.39 is 35.1 Å². The van der Waals surface area contributed by atoms with E-state index in [1.807, 2.05) is 6.92 Å². The number of fused-ring (bicyclic) bond motifs is 3. The molecular formula is C52H36F8O4. The van der Waals surface area contributed by atoms with Crippen LogP contribution < -0.4 is 18.9 Å². The Morgan fingerprint density at radius 1 is 0.438 bits per heavy atom. The Hall–Kier alpha value is -7.26. The molecule has 0 saturated heterocycles. The van der Waals surface area contributed by atoms with Gasteiger partial charge in [0, 0.05) is 22.3 Å². The van der Waals surface area contributed by atoms with Crippen molar-refractivity contribution in [2.24, 2.45) is 0 Å². The van der Waals surface area contributed by atoms with E-state index in [9.17, 15) is 26.3 Å². The highest BCUT2D eigenvalue weighted by Crippen LogP contribution is 2.55. The first-order valence-corrected chi connectivity index (χ1v) is 20.2. The van der Waals surface area contributed by atoms with Gasteiger partial charge in [0.25, 0.3) is 0 Å². The zero-order valence-corrected chi connectivity index (χ0v) is 34.4. The summed E-state index contributed by atoms with van der Waals surface area (Å²) in [6, 6.07) is 28.2. The normalized spacial score (nSPS) is 11.8. The van der Waals surface area contributed by atoms with Gasteiger partial charge in [-0.05, 0) is 148 Å². The van der Waals surface area contributed by atoms with Crippen LogP contribution in [0.1, 0.15) is 31.9 Å². The van der Waals surface area contributed by atoms with E-state index in [0.29, 0.717) is 85.5 Å². The molecule has 0 saturated carbocycles. The topological polar surface area (TPSA) is 36.9 Å². The molecule has 0 bridgehead atoms. The number of hydrogen-bond donors (Lipinski definition) is 0. The first-order valence-electron chi connectivity index (χ1n) is 20.2. The Balaban J connectivity index is 1.73. The van der Waals surface area contributed by atoms with Crippen LogP contribution in [0.5, 0.6) is 23.0 Å². The van der Waals surface area contributed by atoms with Gasteiger partial charge in [0.15, 0.2) is 0 Å². The van der Waals surface area contributed by atoms with E-state index in [0.717, 1.165) is 24.3 Å². The first-order chi connectivity index (χ1) is 30.7. The summed E-state index contributed by atoms with van der Waals surface area (Å²) in [5.41, 5.74) is -0.817. The van der Waals surface area contributed by atoms with Gasteiger partial charge in [0.1, 0.15) is 40.7 Å². The minimum Gasteiger partial charge on any atom is -0.494 e. The highest BCUT2D eigenvalue weighted by molar-refractivity contribution is 6.34. The molecule has 0 unspecified atom stereocenters. The second kappa shape index (κ2) is 17.1. The van der Waals surface area contributed by atoms with Crippen LogP contribution in [-0.4, -0.2) is 19.8 Å². The van der Waals surface area contributed by atoms with Crippen molar-refractivity contribution < 1.29 is 54.1 Å². The molecule has 0 heterocycles. The second-order valence-electron chi connectivity index (χ2n) is 14.6. The summed E-state index contributed by atoms with van der Waals surface area (Å²) in [6.07, 6.45) is -2.22. The van der Waals surface area contributed by atoms with Crippen molar-refractivity contribution >= 4 is 32.3 Å². The van der Waals surface area contributed by atoms with E-state index in [-0.39, 0.29) is 46.2 Å². The molecule has 0 amide bonds. The molecule has 64 heavy (non-hydrogen) atoms. The molecule has 0 fully saturated rings. The lowest BCUT2D eigenvalue weighted by Gasteiger charge is -2.26. The number of alkyl halides is 6. The van der Waals surface area contributed by atoms with E-state index >= 15 is 8.78 Å². The van der Waals surface area contributed by atoms with Gasteiger partial charge in [-0.1, -0.05) is 55.0 Å². The molecule has 8 aromatic carbocycles. The van der Waals surface area contributed by atoms with Gasteiger partial charge < -0.3 is 18.9 Å². The van der Waals surface area contributed by atoms with E-state index in [1.54, 1.807) is 98.8 Å². The molecule has 12 heteroatoms. The maximum Gasteiger partial charge on any atom is 0.416 e. The Labute approximate surface area is 362 Å². The van der Waals surface area contributed by atoms with Crippen LogP contribution >= 0.6 is 0 Å². The zero-order valence-electron chi connectivity index (χ0n) is 34.4. The van der Waals surface area contributed by atoms with Gasteiger partial charge in [0.2, 0.25) is 0 Å². The fourth-order valence-electron chi connectivity index (χ4n) is 8.29. The molecule has 0 aliphatic carbocycles. The Morgan fingerprint density at radius 3 is 1.17 bits per heavy atom. The summed E-state index contributed by atoms with van der Waals surface area (Å²) >= 11 is 0. The SMILES string of the molecule is C#COc1ccc(-c2c3ccc(OCC)cc3c(-c3ccc(C(F)(F)F)cc3F)c3c(-c4ccc(OCC)cc4)c4ccc(OCC)cc4c(-c4ccc(C(F)(F)F)cc4F)c23)cc1. The van der Waals surface area contributed by atoms with Crippen LogP contribution in [0.4, 0.5) is 35.1 Å². The number of halogens is 8. The van der Waals surface area contributed by atoms with Crippen LogP contribution in [0.2, 0.25) is 0 Å². The minimum absolute atomic E-state index is 0.107. The first kappa shape index (κ1) is 43.4. The molecule has 0 aromatic heterocycles. The number of terminal acetylenes is 1.